The van der Waals surface area contributed by atoms with Gasteiger partial charge in [-0.25, -0.2) is 0 Å². The lowest BCUT2D eigenvalue weighted by Gasteiger charge is -2.35. The third-order valence-corrected chi connectivity index (χ3v) is 2.43. The van der Waals surface area contributed by atoms with Gasteiger partial charge in [0, 0.05) is 0 Å². The molecule has 1 saturated carbocycles. The molecule has 0 aromatic carbocycles. The van der Waals surface area contributed by atoms with Crippen molar-refractivity contribution < 1.29 is 4.79 Å². The minimum absolute atomic E-state index is 0.203. The van der Waals surface area contributed by atoms with Crippen LogP contribution in [0.2, 0.25) is 0 Å². The van der Waals surface area contributed by atoms with Crippen LogP contribution < -0.4 is 11.1 Å². The van der Waals surface area contributed by atoms with Crippen LogP contribution >= 0.6 is 0 Å². The molecule has 7 nitrogen and oxygen atoms in total. The number of anilines is 1. The van der Waals surface area contributed by atoms with Gasteiger partial charge in [0.15, 0.2) is 0 Å². The van der Waals surface area contributed by atoms with Crippen molar-refractivity contribution in [3.8, 4) is 0 Å². The van der Waals surface area contributed by atoms with Crippen LogP contribution in [0.15, 0.2) is 0 Å². The highest BCUT2D eigenvalue weighted by Gasteiger charge is 2.40. The van der Waals surface area contributed by atoms with Gasteiger partial charge in [-0.05, 0) is 24.5 Å². The Morgan fingerprint density at radius 3 is 2.79 bits per heavy atom. The smallest absolute Gasteiger partial charge is 0.270 e. The molecule has 0 unspecified atom stereocenters. The summed E-state index contributed by atoms with van der Waals surface area (Å²) in [5.74, 6) is -0.0222. The molecule has 0 spiro atoms. The monoisotopic (exact) mass is 196 g/mol. The van der Waals surface area contributed by atoms with Crippen molar-refractivity contribution in [2.24, 2.45) is 12.8 Å². The molecule has 76 valence electrons. The highest BCUT2D eigenvalue weighted by Crippen LogP contribution is 2.29. The third-order valence-electron chi connectivity index (χ3n) is 2.43. The molecular formula is C7H12N6O. The van der Waals surface area contributed by atoms with Crippen LogP contribution in [0.4, 0.5) is 5.95 Å². The predicted molar refractivity (Wildman–Crippen MR) is 48.2 cm³/mol. The molecular weight excluding hydrogens is 184 g/mol. The van der Waals surface area contributed by atoms with E-state index >= 15 is 0 Å². The number of nitrogens with two attached hydrogens (primary N) is 1. The predicted octanol–water partition coefficient (Wildman–Crippen LogP) is -0.970. The molecule has 14 heavy (non-hydrogen) atoms. The van der Waals surface area contributed by atoms with Crippen molar-refractivity contribution in [1.82, 2.24) is 20.2 Å². The largest absolute Gasteiger partial charge is 0.317 e. The van der Waals surface area contributed by atoms with Crippen molar-refractivity contribution in [1.29, 1.82) is 0 Å². The molecule has 1 heterocycles. The Morgan fingerprint density at radius 1 is 1.64 bits per heavy atom. The SMILES string of the molecule is Cn1nnc(NC(=O)C2(N)CCC2)n1. The fourth-order valence-electron chi connectivity index (χ4n) is 1.34. The number of carbonyl (C=O) groups is 1. The van der Waals surface area contributed by atoms with Gasteiger partial charge in [-0.2, -0.15) is 4.80 Å². The molecule has 0 aliphatic heterocycles. The zero-order chi connectivity index (χ0) is 10.2. The van der Waals surface area contributed by atoms with Gasteiger partial charge in [0.25, 0.3) is 5.95 Å². The summed E-state index contributed by atoms with van der Waals surface area (Å²) in [7, 11) is 1.63. The normalized spacial score (nSPS) is 18.7. The quantitative estimate of drug-likeness (QED) is 0.634. The van der Waals surface area contributed by atoms with Crippen LogP contribution in [0.3, 0.4) is 0 Å². The van der Waals surface area contributed by atoms with E-state index in [1.54, 1.807) is 7.05 Å². The van der Waals surface area contributed by atoms with Gasteiger partial charge in [-0.1, -0.05) is 5.10 Å². The fourth-order valence-corrected chi connectivity index (χ4v) is 1.34. The number of aromatic nitrogens is 4. The van der Waals surface area contributed by atoms with Gasteiger partial charge in [0.1, 0.15) is 0 Å². The van der Waals surface area contributed by atoms with Gasteiger partial charge in [-0.3, -0.25) is 10.1 Å². The van der Waals surface area contributed by atoms with Gasteiger partial charge >= 0.3 is 0 Å². The Bertz CT molecular complexity index is 355. The molecule has 2 rings (SSSR count). The fraction of sp³-hybridized carbons (Fsp3) is 0.714. The highest BCUT2D eigenvalue weighted by atomic mass is 16.2. The first-order valence-electron chi connectivity index (χ1n) is 4.44. The lowest BCUT2D eigenvalue weighted by molar-refractivity contribution is -0.123. The van der Waals surface area contributed by atoms with Crippen molar-refractivity contribution in [3.05, 3.63) is 0 Å². The summed E-state index contributed by atoms with van der Waals surface area (Å²) in [6.45, 7) is 0. The second-order valence-electron chi connectivity index (χ2n) is 3.57. The first-order valence-corrected chi connectivity index (χ1v) is 4.44. The summed E-state index contributed by atoms with van der Waals surface area (Å²) in [4.78, 5) is 12.8. The van der Waals surface area contributed by atoms with Crippen LogP contribution in [0.25, 0.3) is 0 Å². The van der Waals surface area contributed by atoms with Gasteiger partial charge in [-0.15, -0.1) is 5.10 Å². The van der Waals surface area contributed by atoms with Crippen LogP contribution in [-0.2, 0) is 11.8 Å². The third kappa shape index (κ3) is 1.46. The van der Waals surface area contributed by atoms with Crippen LogP contribution in [0.1, 0.15) is 19.3 Å². The lowest BCUT2D eigenvalue weighted by atomic mass is 9.77. The summed E-state index contributed by atoms with van der Waals surface area (Å²) < 4.78 is 0. The minimum atomic E-state index is -0.723. The van der Waals surface area contributed by atoms with Gasteiger partial charge in [0.2, 0.25) is 5.91 Å². The van der Waals surface area contributed by atoms with E-state index in [0.29, 0.717) is 0 Å². The molecule has 1 aromatic rings. The maximum atomic E-state index is 11.6. The summed E-state index contributed by atoms with van der Waals surface area (Å²) in [5, 5.41) is 13.6. The molecule has 0 radical (unpaired) electrons. The van der Waals surface area contributed by atoms with Crippen molar-refractivity contribution in [3.63, 3.8) is 0 Å². The number of carbonyl (C=O) groups excluding carboxylic acids is 1. The zero-order valence-electron chi connectivity index (χ0n) is 7.90. The van der Waals surface area contributed by atoms with E-state index in [2.05, 4.69) is 20.7 Å². The number of amides is 1. The second-order valence-corrected chi connectivity index (χ2v) is 3.57. The first-order chi connectivity index (χ1) is 6.60. The highest BCUT2D eigenvalue weighted by molar-refractivity contribution is 5.97. The van der Waals surface area contributed by atoms with Crippen LogP contribution in [0.5, 0.6) is 0 Å². The molecule has 0 bridgehead atoms. The Hall–Kier alpha value is -1.50. The van der Waals surface area contributed by atoms with E-state index in [4.69, 9.17) is 5.73 Å². The van der Waals surface area contributed by atoms with Crippen molar-refractivity contribution in [2.75, 3.05) is 5.32 Å². The lowest BCUT2D eigenvalue weighted by Crippen LogP contribution is -2.56. The summed E-state index contributed by atoms with van der Waals surface area (Å²) in [5.41, 5.74) is 5.08. The molecule has 1 fully saturated rings. The molecule has 0 atom stereocenters. The van der Waals surface area contributed by atoms with E-state index in [1.165, 1.54) is 4.80 Å². The van der Waals surface area contributed by atoms with E-state index in [-0.39, 0.29) is 11.9 Å². The average molecular weight is 196 g/mol. The van der Waals surface area contributed by atoms with E-state index in [1.807, 2.05) is 0 Å². The van der Waals surface area contributed by atoms with E-state index < -0.39 is 5.54 Å². The van der Waals surface area contributed by atoms with Gasteiger partial charge < -0.3 is 5.73 Å². The summed E-state index contributed by atoms with van der Waals surface area (Å²) >= 11 is 0. The Kier molecular flexibility index (Phi) is 1.95. The van der Waals surface area contributed by atoms with E-state index in [9.17, 15) is 4.79 Å². The number of nitrogens with one attached hydrogen (secondary N) is 1. The molecule has 7 heteroatoms. The minimum Gasteiger partial charge on any atom is -0.317 e. The molecule has 0 saturated heterocycles. The van der Waals surface area contributed by atoms with Gasteiger partial charge in [0.05, 0.1) is 12.6 Å². The summed E-state index contributed by atoms with van der Waals surface area (Å²) in [6.07, 6.45) is 2.44. The molecule has 1 aliphatic carbocycles. The molecule has 1 aliphatic rings. The van der Waals surface area contributed by atoms with Crippen molar-refractivity contribution >= 4 is 11.9 Å². The number of nitrogens with zero attached hydrogens (tertiary/aromatic N) is 4. The molecule has 1 aromatic heterocycles. The topological polar surface area (TPSA) is 98.7 Å². The van der Waals surface area contributed by atoms with Crippen molar-refractivity contribution in [2.45, 2.75) is 24.8 Å². The van der Waals surface area contributed by atoms with Crippen LogP contribution in [-0.4, -0.2) is 31.7 Å². The average Bonchev–Trinajstić information content (AvgIpc) is 2.47. The molecule has 1 amide bonds. The number of hydrogen-bond donors (Lipinski definition) is 2. The number of aryl methyl sites for hydroxylation is 1. The van der Waals surface area contributed by atoms with Crippen LogP contribution in [0, 0.1) is 0 Å². The number of rotatable bonds is 2. The molecule has 3 N–H and O–H groups in total. The maximum Gasteiger partial charge on any atom is 0.270 e. The Morgan fingerprint density at radius 2 is 2.36 bits per heavy atom. The zero-order valence-corrected chi connectivity index (χ0v) is 7.90. The standard InChI is InChI=1S/C7H12N6O/c1-13-11-6(10-12-13)9-5(14)7(8)3-2-4-7/h2-4,8H2,1H3,(H,9,11,14). The first kappa shape index (κ1) is 9.07. The Labute approximate surface area is 80.6 Å². The maximum absolute atomic E-state index is 11.6. The summed E-state index contributed by atoms with van der Waals surface area (Å²) in [6, 6.07) is 0. The second kappa shape index (κ2) is 3.02. The Balaban J connectivity index is 2.01. The number of hydrogen-bond acceptors (Lipinski definition) is 5. The van der Waals surface area contributed by atoms with E-state index in [0.717, 1.165) is 19.3 Å². The number of tetrazole rings is 1.